The fourth-order valence-corrected chi connectivity index (χ4v) is 9.92. The molecule has 0 saturated carbocycles. The molecule has 2 heterocycles. The largest absolute Gasteiger partial charge is 0.457 e. The van der Waals surface area contributed by atoms with Gasteiger partial charge < -0.3 is 64.2 Å². The highest BCUT2D eigenvalue weighted by Gasteiger charge is 2.47. The van der Waals surface area contributed by atoms with Crippen molar-refractivity contribution in [1.82, 2.24) is 0 Å². The Morgan fingerprint density at radius 3 is 1.30 bits per heavy atom. The summed E-state index contributed by atoms with van der Waals surface area (Å²) in [5, 5.41) is 72.5. The third-order valence-corrected chi connectivity index (χ3v) is 15.0. The monoisotopic (exact) mass is 1120 g/mol. The van der Waals surface area contributed by atoms with E-state index in [9.17, 15) is 40.5 Å². The molecule has 11 atom stereocenters. The van der Waals surface area contributed by atoms with E-state index in [1.165, 1.54) is 148 Å². The maximum atomic E-state index is 13.1. The van der Waals surface area contributed by atoms with Gasteiger partial charge in [0.25, 0.3) is 0 Å². The van der Waals surface area contributed by atoms with Crippen molar-refractivity contribution in [2.24, 2.45) is 0 Å². The molecule has 0 aromatic carbocycles. The summed E-state index contributed by atoms with van der Waals surface area (Å²) < 4.78 is 34.5. The minimum absolute atomic E-state index is 0.0563. The summed E-state index contributed by atoms with van der Waals surface area (Å²) >= 11 is 0. The Labute approximate surface area is 479 Å². The molecule has 14 nitrogen and oxygen atoms in total. The number of hydrogen-bond donors (Lipinski definition) is 7. The summed E-state index contributed by atoms with van der Waals surface area (Å²) in [5.74, 6) is -0.378. The first kappa shape index (κ1) is 72.8. The van der Waals surface area contributed by atoms with Crippen LogP contribution < -0.4 is 0 Å². The van der Waals surface area contributed by atoms with Crippen LogP contribution in [0.25, 0.3) is 0 Å². The van der Waals surface area contributed by atoms with Gasteiger partial charge in [0.15, 0.2) is 12.6 Å². The van der Waals surface area contributed by atoms with Crippen LogP contribution in [0.2, 0.25) is 0 Å². The van der Waals surface area contributed by atoms with Crippen LogP contribution in [0.15, 0.2) is 60.8 Å². The molecule has 2 aliphatic rings. The maximum Gasteiger partial charge on any atom is 0.306 e. The summed E-state index contributed by atoms with van der Waals surface area (Å²) in [4.78, 5) is 13.1. The highest BCUT2D eigenvalue weighted by atomic mass is 16.7. The number of esters is 1. The van der Waals surface area contributed by atoms with Gasteiger partial charge in [-0.3, -0.25) is 4.79 Å². The minimum Gasteiger partial charge on any atom is -0.457 e. The van der Waals surface area contributed by atoms with Crippen LogP contribution in [-0.2, 0) is 33.2 Å². The zero-order valence-electron chi connectivity index (χ0n) is 49.6. The van der Waals surface area contributed by atoms with E-state index >= 15 is 0 Å². The van der Waals surface area contributed by atoms with Gasteiger partial charge in [0.05, 0.1) is 26.4 Å². The van der Waals surface area contributed by atoms with Gasteiger partial charge in [-0.25, -0.2) is 0 Å². The Morgan fingerprint density at radius 1 is 0.430 bits per heavy atom. The van der Waals surface area contributed by atoms with Gasteiger partial charge in [0.2, 0.25) is 0 Å². The lowest BCUT2D eigenvalue weighted by Crippen LogP contribution is -2.61. The summed E-state index contributed by atoms with van der Waals surface area (Å²) in [5.41, 5.74) is 0. The van der Waals surface area contributed by atoms with Crippen molar-refractivity contribution in [1.29, 1.82) is 0 Å². The summed E-state index contributed by atoms with van der Waals surface area (Å²) in [6, 6.07) is 0. The average Bonchev–Trinajstić information content (AvgIpc) is 3.46. The third-order valence-electron chi connectivity index (χ3n) is 15.0. The molecule has 0 aliphatic carbocycles. The number of aliphatic hydroxyl groups excluding tert-OH is 7. The van der Waals surface area contributed by atoms with Crippen molar-refractivity contribution in [3.63, 3.8) is 0 Å². The quantitative estimate of drug-likeness (QED) is 0.0172. The maximum absolute atomic E-state index is 13.1. The number of unbranched alkanes of at least 4 members (excludes halogenated alkanes) is 28. The van der Waals surface area contributed by atoms with Crippen LogP contribution in [0.4, 0.5) is 0 Å². The van der Waals surface area contributed by atoms with Gasteiger partial charge in [0.1, 0.15) is 54.9 Å². The van der Waals surface area contributed by atoms with E-state index < -0.39 is 80.7 Å². The fourth-order valence-electron chi connectivity index (χ4n) is 9.92. The second kappa shape index (κ2) is 51.3. The summed E-state index contributed by atoms with van der Waals surface area (Å²) in [6.07, 6.45) is 48.5. The molecular weight excluding hydrogens is 1000 g/mol. The number of ether oxygens (including phenoxy) is 6. The molecular formula is C65H116O14. The molecule has 14 heteroatoms. The molecule has 2 aliphatic heterocycles. The number of carbonyl (C=O) groups excluding carboxylic acids is 1. The SMILES string of the molecule is CC/C=C\C/C=C\C/C=C\C/C=C\CCCCCCCCCCCOCC(COC1OC(COC2OC(CO)C(O)C(O)C2O)C(O)C(O)C1O)OC(=O)CCCCCCCCCCCCC/C=C\CCCCCCCCCC. The Bertz CT molecular complexity index is 1540. The number of allylic oxidation sites excluding steroid dienone is 10. The van der Waals surface area contributed by atoms with Crippen LogP contribution in [0.3, 0.4) is 0 Å². The highest BCUT2D eigenvalue weighted by molar-refractivity contribution is 5.69. The minimum atomic E-state index is -1.71. The lowest BCUT2D eigenvalue weighted by atomic mass is 9.98. The zero-order valence-corrected chi connectivity index (χ0v) is 49.6. The lowest BCUT2D eigenvalue weighted by molar-refractivity contribution is -0.332. The molecule has 2 saturated heterocycles. The first-order valence-electron chi connectivity index (χ1n) is 31.9. The van der Waals surface area contributed by atoms with E-state index in [1.807, 2.05) is 0 Å². The molecule has 0 amide bonds. The molecule has 11 unspecified atom stereocenters. The number of rotatable bonds is 52. The topological polar surface area (TPSA) is 214 Å². The normalized spacial score (nSPS) is 24.4. The van der Waals surface area contributed by atoms with E-state index in [4.69, 9.17) is 28.4 Å². The number of carbonyl (C=O) groups is 1. The Hall–Kier alpha value is -2.31. The van der Waals surface area contributed by atoms with Crippen LogP contribution in [-0.4, -0.2) is 142 Å². The molecule has 79 heavy (non-hydrogen) atoms. The first-order chi connectivity index (χ1) is 38.6. The highest BCUT2D eigenvalue weighted by Crippen LogP contribution is 2.27. The predicted octanol–water partition coefficient (Wildman–Crippen LogP) is 12.4. The molecule has 0 radical (unpaired) electrons. The molecule has 0 aromatic heterocycles. The van der Waals surface area contributed by atoms with Gasteiger partial charge in [0, 0.05) is 13.0 Å². The van der Waals surface area contributed by atoms with Crippen LogP contribution in [0, 0.1) is 0 Å². The molecule has 0 aromatic rings. The average molecular weight is 1120 g/mol. The molecule has 0 spiro atoms. The first-order valence-corrected chi connectivity index (χ1v) is 31.9. The molecule has 460 valence electrons. The van der Waals surface area contributed by atoms with Crippen molar-refractivity contribution < 1.29 is 69.0 Å². The van der Waals surface area contributed by atoms with Crippen molar-refractivity contribution >= 4 is 5.97 Å². The van der Waals surface area contributed by atoms with Gasteiger partial charge in [-0.2, -0.15) is 0 Å². The van der Waals surface area contributed by atoms with E-state index in [2.05, 4.69) is 74.6 Å². The van der Waals surface area contributed by atoms with Crippen molar-refractivity contribution in [3.05, 3.63) is 60.8 Å². The Balaban J connectivity index is 1.68. The van der Waals surface area contributed by atoms with Gasteiger partial charge in [-0.15, -0.1) is 0 Å². The molecule has 7 N–H and O–H groups in total. The lowest BCUT2D eigenvalue weighted by Gasteiger charge is -2.42. The van der Waals surface area contributed by atoms with E-state index in [0.29, 0.717) is 13.0 Å². The van der Waals surface area contributed by atoms with Gasteiger partial charge >= 0.3 is 5.97 Å². The van der Waals surface area contributed by atoms with Crippen molar-refractivity contribution in [2.75, 3.05) is 33.0 Å². The van der Waals surface area contributed by atoms with Gasteiger partial charge in [-0.05, 0) is 77.0 Å². The van der Waals surface area contributed by atoms with Crippen LogP contribution in [0.1, 0.15) is 245 Å². The molecule has 0 bridgehead atoms. The van der Waals surface area contributed by atoms with E-state index in [1.54, 1.807) is 0 Å². The Kier molecular flexibility index (Phi) is 47.3. The van der Waals surface area contributed by atoms with E-state index in [0.717, 1.165) is 70.6 Å². The van der Waals surface area contributed by atoms with Crippen molar-refractivity contribution in [2.45, 2.75) is 313 Å². The number of hydrogen-bond acceptors (Lipinski definition) is 14. The predicted molar refractivity (Wildman–Crippen MR) is 316 cm³/mol. The second-order valence-electron chi connectivity index (χ2n) is 22.2. The van der Waals surface area contributed by atoms with Gasteiger partial charge in [-0.1, -0.05) is 222 Å². The van der Waals surface area contributed by atoms with Crippen molar-refractivity contribution in [3.8, 4) is 0 Å². The Morgan fingerprint density at radius 2 is 0.823 bits per heavy atom. The molecule has 2 rings (SSSR count). The van der Waals surface area contributed by atoms with Crippen LogP contribution >= 0.6 is 0 Å². The van der Waals surface area contributed by atoms with E-state index in [-0.39, 0.29) is 25.6 Å². The number of aliphatic hydroxyl groups is 7. The molecule has 2 fully saturated rings. The smallest absolute Gasteiger partial charge is 0.306 e. The summed E-state index contributed by atoms with van der Waals surface area (Å²) in [7, 11) is 0. The zero-order chi connectivity index (χ0) is 57.2. The standard InChI is InChI=1S/C65H116O14/c1-3-5-7-9-11-13-15-17-19-21-23-25-27-28-30-32-34-36-38-40-42-44-46-48-57(67)77-54(51-74-49-47-45-43-41-39-37-35-33-31-29-26-24-22-20-18-16-14-12-10-8-6-4-2)52-75-64-63(73)61(71)59(69)56(79-64)53-76-65-62(72)60(70)58(68)55(50-66)78-65/h6,8,12,14,18,20-21,23-24,26,54-56,58-66,68-73H,3-5,7,9-11,13,15-17,19,22,25,27-53H2,1-2H3/b8-6-,14-12-,20-18-,23-21-,26-24-. The summed E-state index contributed by atoms with van der Waals surface area (Å²) in [6.45, 7) is 3.59. The second-order valence-corrected chi connectivity index (χ2v) is 22.2. The third kappa shape index (κ3) is 37.5. The fraction of sp³-hybridized carbons (Fsp3) is 0.831. The van der Waals surface area contributed by atoms with Crippen LogP contribution in [0.5, 0.6) is 0 Å².